The first-order chi connectivity index (χ1) is 9.88. The Balaban J connectivity index is 2.06. The Labute approximate surface area is 128 Å². The summed E-state index contributed by atoms with van der Waals surface area (Å²) in [5.41, 5.74) is 0.398. The normalized spacial score (nSPS) is 19.4. The van der Waals surface area contributed by atoms with Gasteiger partial charge in [-0.15, -0.1) is 0 Å². The van der Waals surface area contributed by atoms with Gasteiger partial charge in [-0.25, -0.2) is 9.59 Å². The number of anilines is 1. The minimum absolute atomic E-state index is 0.0267. The van der Waals surface area contributed by atoms with E-state index in [0.717, 1.165) is 6.54 Å². The van der Waals surface area contributed by atoms with Crippen LogP contribution in [0.1, 0.15) is 17.3 Å². The third-order valence-electron chi connectivity index (χ3n) is 3.69. The summed E-state index contributed by atoms with van der Waals surface area (Å²) in [6.45, 7) is 4.16. The summed E-state index contributed by atoms with van der Waals surface area (Å²) in [5.74, 6) is -1.12. The van der Waals surface area contributed by atoms with E-state index in [1.165, 1.54) is 12.1 Å². The summed E-state index contributed by atoms with van der Waals surface area (Å²) in [7, 11) is 2.03. The molecule has 0 radical (unpaired) electrons. The van der Waals surface area contributed by atoms with Crippen molar-refractivity contribution in [3.8, 4) is 0 Å². The molecule has 114 valence electrons. The van der Waals surface area contributed by atoms with E-state index in [1.54, 1.807) is 11.0 Å². The Morgan fingerprint density at radius 3 is 2.71 bits per heavy atom. The molecule has 1 heterocycles. The highest BCUT2D eigenvalue weighted by Gasteiger charge is 2.24. The lowest BCUT2D eigenvalue weighted by molar-refractivity contribution is 0.0697. The molecular weight excluding hydrogens is 294 g/mol. The number of carboxylic acid groups (broad SMARTS) is 1. The molecule has 1 aliphatic heterocycles. The molecule has 2 N–H and O–H groups in total. The fourth-order valence-corrected chi connectivity index (χ4v) is 2.40. The predicted molar refractivity (Wildman–Crippen MR) is 81.1 cm³/mol. The summed E-state index contributed by atoms with van der Waals surface area (Å²) in [6.07, 6.45) is 0. The molecule has 0 aliphatic carbocycles. The molecule has 1 fully saturated rings. The van der Waals surface area contributed by atoms with Crippen molar-refractivity contribution >= 4 is 29.3 Å². The Kier molecular flexibility index (Phi) is 4.69. The maximum Gasteiger partial charge on any atom is 0.337 e. The molecule has 0 spiro atoms. The Bertz CT molecular complexity index is 564. The largest absolute Gasteiger partial charge is 0.478 e. The second-order valence-corrected chi connectivity index (χ2v) is 5.61. The number of hydrogen-bond acceptors (Lipinski definition) is 3. The van der Waals surface area contributed by atoms with Gasteiger partial charge in [-0.2, -0.15) is 0 Å². The molecule has 1 atom stereocenters. The highest BCUT2D eigenvalue weighted by atomic mass is 35.5. The zero-order valence-corrected chi connectivity index (χ0v) is 12.7. The molecular formula is C14H18ClN3O3. The lowest BCUT2D eigenvalue weighted by Crippen LogP contribution is -2.53. The van der Waals surface area contributed by atoms with Gasteiger partial charge in [0.05, 0.1) is 10.6 Å². The van der Waals surface area contributed by atoms with Crippen LogP contribution in [-0.4, -0.2) is 59.6 Å². The number of likely N-dealkylation sites (N-methyl/N-ethyl adjacent to an activating group) is 1. The molecule has 2 rings (SSSR count). The topological polar surface area (TPSA) is 72.9 Å². The van der Waals surface area contributed by atoms with Crippen LogP contribution >= 0.6 is 11.6 Å². The second-order valence-electron chi connectivity index (χ2n) is 5.21. The summed E-state index contributed by atoms with van der Waals surface area (Å²) in [5, 5.41) is 11.9. The number of carbonyl (C=O) groups excluding carboxylic acids is 1. The van der Waals surface area contributed by atoms with Crippen molar-refractivity contribution in [1.29, 1.82) is 0 Å². The number of carboxylic acids is 1. The van der Waals surface area contributed by atoms with Crippen LogP contribution in [0.25, 0.3) is 0 Å². The Hall–Kier alpha value is -1.79. The molecule has 0 bridgehead atoms. The molecule has 2 amide bonds. The molecule has 1 aliphatic rings. The first-order valence-corrected chi connectivity index (χ1v) is 7.05. The van der Waals surface area contributed by atoms with Crippen molar-refractivity contribution in [2.24, 2.45) is 0 Å². The van der Waals surface area contributed by atoms with Gasteiger partial charge in [0, 0.05) is 31.4 Å². The number of rotatable bonds is 2. The molecule has 21 heavy (non-hydrogen) atoms. The van der Waals surface area contributed by atoms with E-state index < -0.39 is 5.97 Å². The van der Waals surface area contributed by atoms with Crippen LogP contribution in [0.15, 0.2) is 18.2 Å². The molecule has 1 aromatic carbocycles. The second kappa shape index (κ2) is 6.32. The fourth-order valence-electron chi connectivity index (χ4n) is 2.20. The van der Waals surface area contributed by atoms with E-state index in [9.17, 15) is 9.59 Å². The standard InChI is InChI=1S/C14H18ClN3O3/c1-9-8-18(6-5-17(9)2)14(21)16-10-3-4-12(15)11(7-10)13(19)20/h3-4,7,9H,5-6,8H2,1-2H3,(H,16,21)(H,19,20). The van der Waals surface area contributed by atoms with Crippen LogP contribution in [0.5, 0.6) is 0 Å². The van der Waals surface area contributed by atoms with Gasteiger partial charge in [-0.3, -0.25) is 0 Å². The van der Waals surface area contributed by atoms with E-state index in [4.69, 9.17) is 16.7 Å². The highest BCUT2D eigenvalue weighted by molar-refractivity contribution is 6.33. The average molecular weight is 312 g/mol. The van der Waals surface area contributed by atoms with Crippen LogP contribution in [0.4, 0.5) is 10.5 Å². The minimum atomic E-state index is -1.12. The first-order valence-electron chi connectivity index (χ1n) is 6.67. The maximum atomic E-state index is 12.2. The van der Waals surface area contributed by atoms with Gasteiger partial charge in [0.15, 0.2) is 0 Å². The molecule has 0 saturated carbocycles. The number of carbonyl (C=O) groups is 2. The average Bonchev–Trinajstić information content (AvgIpc) is 2.43. The van der Waals surface area contributed by atoms with Gasteiger partial charge in [0.1, 0.15) is 0 Å². The third kappa shape index (κ3) is 3.65. The predicted octanol–water partition coefficient (Wildman–Crippen LogP) is 2.21. The number of aromatic carboxylic acids is 1. The number of nitrogens with zero attached hydrogens (tertiary/aromatic N) is 2. The summed E-state index contributed by atoms with van der Waals surface area (Å²) in [6, 6.07) is 4.49. The van der Waals surface area contributed by atoms with E-state index in [1.807, 2.05) is 7.05 Å². The van der Waals surface area contributed by atoms with Crippen LogP contribution in [0.3, 0.4) is 0 Å². The van der Waals surface area contributed by atoms with Crippen LogP contribution in [0.2, 0.25) is 5.02 Å². The number of piperazine rings is 1. The highest BCUT2D eigenvalue weighted by Crippen LogP contribution is 2.21. The number of hydrogen-bond donors (Lipinski definition) is 2. The Morgan fingerprint density at radius 1 is 1.38 bits per heavy atom. The van der Waals surface area contributed by atoms with Gasteiger partial charge in [0.25, 0.3) is 0 Å². The van der Waals surface area contributed by atoms with Gasteiger partial charge in [-0.1, -0.05) is 11.6 Å². The SMILES string of the molecule is CC1CN(C(=O)Nc2ccc(Cl)c(C(=O)O)c2)CCN1C. The Morgan fingerprint density at radius 2 is 2.10 bits per heavy atom. The minimum Gasteiger partial charge on any atom is -0.478 e. The van der Waals surface area contributed by atoms with Crippen LogP contribution in [0, 0.1) is 0 Å². The number of halogens is 1. The zero-order chi connectivity index (χ0) is 15.6. The molecule has 0 aromatic heterocycles. The van der Waals surface area contributed by atoms with E-state index >= 15 is 0 Å². The smallest absolute Gasteiger partial charge is 0.337 e. The molecule has 1 unspecified atom stereocenters. The molecule has 1 aromatic rings. The van der Waals surface area contributed by atoms with Crippen LogP contribution < -0.4 is 5.32 Å². The number of urea groups is 1. The summed E-state index contributed by atoms with van der Waals surface area (Å²) < 4.78 is 0. The van der Waals surface area contributed by atoms with E-state index in [0.29, 0.717) is 24.8 Å². The molecule has 1 saturated heterocycles. The van der Waals surface area contributed by atoms with Crippen molar-refractivity contribution in [1.82, 2.24) is 9.80 Å². The fraction of sp³-hybridized carbons (Fsp3) is 0.429. The number of nitrogens with one attached hydrogen (secondary N) is 1. The van der Waals surface area contributed by atoms with Crippen molar-refractivity contribution in [3.63, 3.8) is 0 Å². The lowest BCUT2D eigenvalue weighted by atomic mass is 10.2. The number of benzene rings is 1. The van der Waals surface area contributed by atoms with Crippen molar-refractivity contribution in [2.45, 2.75) is 13.0 Å². The lowest BCUT2D eigenvalue weighted by Gasteiger charge is -2.37. The molecule has 7 heteroatoms. The van der Waals surface area contributed by atoms with Crippen molar-refractivity contribution < 1.29 is 14.7 Å². The van der Waals surface area contributed by atoms with Gasteiger partial charge in [-0.05, 0) is 32.2 Å². The van der Waals surface area contributed by atoms with Crippen molar-refractivity contribution in [2.75, 3.05) is 32.0 Å². The van der Waals surface area contributed by atoms with E-state index in [2.05, 4.69) is 17.1 Å². The summed E-state index contributed by atoms with van der Waals surface area (Å²) >= 11 is 5.80. The zero-order valence-electron chi connectivity index (χ0n) is 12.0. The van der Waals surface area contributed by atoms with Gasteiger partial charge >= 0.3 is 12.0 Å². The third-order valence-corrected chi connectivity index (χ3v) is 4.02. The first kappa shape index (κ1) is 15.6. The maximum absolute atomic E-state index is 12.2. The summed E-state index contributed by atoms with van der Waals surface area (Å²) in [4.78, 5) is 27.1. The van der Waals surface area contributed by atoms with E-state index in [-0.39, 0.29) is 16.6 Å². The van der Waals surface area contributed by atoms with Gasteiger partial charge < -0.3 is 20.2 Å². The van der Waals surface area contributed by atoms with Crippen LogP contribution in [-0.2, 0) is 0 Å². The quantitative estimate of drug-likeness (QED) is 0.878. The monoisotopic (exact) mass is 311 g/mol. The van der Waals surface area contributed by atoms with Crippen molar-refractivity contribution in [3.05, 3.63) is 28.8 Å². The molecule has 6 nitrogen and oxygen atoms in total. The van der Waals surface area contributed by atoms with Gasteiger partial charge in [0.2, 0.25) is 0 Å². The number of amides is 2.